The summed E-state index contributed by atoms with van der Waals surface area (Å²) in [5.41, 5.74) is 1.76. The highest BCUT2D eigenvalue weighted by Crippen LogP contribution is 2.20. The third-order valence-corrected chi connectivity index (χ3v) is 3.61. The lowest BCUT2D eigenvalue weighted by atomic mass is 10.2. The average Bonchev–Trinajstić information content (AvgIpc) is 2.52. The van der Waals surface area contributed by atoms with Crippen molar-refractivity contribution in [1.29, 1.82) is 5.26 Å². The van der Waals surface area contributed by atoms with Gasteiger partial charge in [-0.2, -0.15) is 5.26 Å². The molecule has 0 aromatic heterocycles. The van der Waals surface area contributed by atoms with Crippen molar-refractivity contribution in [3.8, 4) is 6.07 Å². The van der Waals surface area contributed by atoms with Crippen molar-refractivity contribution in [2.75, 3.05) is 31.6 Å². The van der Waals surface area contributed by atoms with Gasteiger partial charge in [-0.1, -0.05) is 17.7 Å². The Morgan fingerprint density at radius 1 is 1.48 bits per heavy atom. The summed E-state index contributed by atoms with van der Waals surface area (Å²) in [6.07, 6.45) is 1.42. The zero-order valence-electron chi connectivity index (χ0n) is 11.7. The van der Waals surface area contributed by atoms with Gasteiger partial charge in [0.1, 0.15) is 11.6 Å². The number of nitrogens with one attached hydrogen (secondary N) is 1. The molecule has 21 heavy (non-hydrogen) atoms. The zero-order valence-corrected chi connectivity index (χ0v) is 12.5. The Morgan fingerprint density at radius 3 is 2.81 bits per heavy atom. The highest BCUT2D eigenvalue weighted by atomic mass is 35.5. The number of aryl methyl sites for hydroxylation is 1. The van der Waals surface area contributed by atoms with Gasteiger partial charge in [-0.3, -0.25) is 4.79 Å². The van der Waals surface area contributed by atoms with Gasteiger partial charge in [0.2, 0.25) is 0 Å². The molecule has 0 aliphatic carbocycles. The zero-order chi connectivity index (χ0) is 15.2. The van der Waals surface area contributed by atoms with E-state index in [2.05, 4.69) is 5.32 Å². The molecule has 6 heteroatoms. The minimum atomic E-state index is -0.286. The van der Waals surface area contributed by atoms with Gasteiger partial charge in [-0.25, -0.2) is 0 Å². The molecule has 1 amide bonds. The number of anilines is 1. The molecule has 0 bridgehead atoms. The molecule has 110 valence electrons. The summed E-state index contributed by atoms with van der Waals surface area (Å²) in [6.45, 7) is 3.93. The Balaban J connectivity index is 2.07. The van der Waals surface area contributed by atoms with Gasteiger partial charge in [-0.15, -0.1) is 0 Å². The monoisotopic (exact) mass is 305 g/mol. The smallest absolute Gasteiger partial charge is 0.266 e. The van der Waals surface area contributed by atoms with Crippen molar-refractivity contribution in [2.45, 2.75) is 6.92 Å². The number of benzene rings is 1. The van der Waals surface area contributed by atoms with Crippen molar-refractivity contribution in [1.82, 2.24) is 4.90 Å². The first-order valence-corrected chi connectivity index (χ1v) is 6.99. The van der Waals surface area contributed by atoms with E-state index >= 15 is 0 Å². The molecule has 5 nitrogen and oxygen atoms in total. The van der Waals surface area contributed by atoms with E-state index in [4.69, 9.17) is 21.6 Å². The summed E-state index contributed by atoms with van der Waals surface area (Å²) in [5, 5.41) is 12.7. The molecule has 1 heterocycles. The highest BCUT2D eigenvalue weighted by molar-refractivity contribution is 6.31. The molecule has 0 atom stereocenters. The van der Waals surface area contributed by atoms with E-state index in [0.717, 1.165) is 11.3 Å². The second kappa shape index (κ2) is 7.11. The molecular weight excluding hydrogens is 290 g/mol. The second-order valence-corrected chi connectivity index (χ2v) is 5.09. The van der Waals surface area contributed by atoms with Crippen LogP contribution in [-0.2, 0) is 9.53 Å². The number of hydrogen-bond donors (Lipinski definition) is 1. The predicted molar refractivity (Wildman–Crippen MR) is 80.9 cm³/mol. The standard InChI is InChI=1S/C15H16ClN3O2/c1-11-2-3-13(8-14(11)16)18-10-12(9-17)15(20)19-4-6-21-7-5-19/h2-3,8,10,18H,4-7H2,1H3/b12-10-. The Kier molecular flexibility index (Phi) is 5.20. The van der Waals surface area contributed by atoms with Gasteiger partial charge in [-0.05, 0) is 24.6 Å². The second-order valence-electron chi connectivity index (χ2n) is 4.68. The maximum Gasteiger partial charge on any atom is 0.266 e. The Bertz CT molecular complexity index is 601. The fraction of sp³-hybridized carbons (Fsp3) is 0.333. The molecule has 0 radical (unpaired) electrons. The van der Waals surface area contributed by atoms with Gasteiger partial charge in [0, 0.05) is 30.0 Å². The summed E-state index contributed by atoms with van der Waals surface area (Å²) < 4.78 is 5.19. The van der Waals surface area contributed by atoms with Crippen LogP contribution >= 0.6 is 11.6 Å². The number of hydrogen-bond acceptors (Lipinski definition) is 4. The molecule has 1 fully saturated rings. The Labute approximate surface area is 128 Å². The summed E-state index contributed by atoms with van der Waals surface area (Å²) in [7, 11) is 0. The molecule has 1 aliphatic heterocycles. The number of nitrogens with zero attached hydrogens (tertiary/aromatic N) is 2. The van der Waals surface area contributed by atoms with Crippen LogP contribution in [0.3, 0.4) is 0 Å². The van der Waals surface area contributed by atoms with E-state index in [9.17, 15) is 4.79 Å². The fourth-order valence-corrected chi connectivity index (χ4v) is 2.10. The number of amides is 1. The normalized spacial score (nSPS) is 15.5. The first-order valence-electron chi connectivity index (χ1n) is 6.62. The van der Waals surface area contributed by atoms with E-state index in [1.54, 1.807) is 11.0 Å². The van der Waals surface area contributed by atoms with Gasteiger partial charge < -0.3 is 15.0 Å². The first kappa shape index (κ1) is 15.4. The average molecular weight is 306 g/mol. The molecule has 2 rings (SSSR count). The number of halogens is 1. The lowest BCUT2D eigenvalue weighted by Crippen LogP contribution is -2.41. The largest absolute Gasteiger partial charge is 0.378 e. The summed E-state index contributed by atoms with van der Waals surface area (Å²) in [5.74, 6) is -0.286. The molecule has 1 aliphatic rings. The summed E-state index contributed by atoms with van der Waals surface area (Å²) in [4.78, 5) is 13.8. The van der Waals surface area contributed by atoms with Gasteiger partial charge in [0.15, 0.2) is 0 Å². The molecule has 1 saturated heterocycles. The lowest BCUT2D eigenvalue weighted by Gasteiger charge is -2.26. The number of nitriles is 1. The van der Waals surface area contributed by atoms with Crippen LogP contribution in [-0.4, -0.2) is 37.1 Å². The van der Waals surface area contributed by atoms with Crippen LogP contribution in [0.1, 0.15) is 5.56 Å². The lowest BCUT2D eigenvalue weighted by molar-refractivity contribution is -0.130. The third kappa shape index (κ3) is 3.97. The van der Waals surface area contributed by atoms with Crippen molar-refractivity contribution in [3.05, 3.63) is 40.6 Å². The Hall–Kier alpha value is -2.03. The maximum atomic E-state index is 12.2. The molecule has 0 unspecified atom stereocenters. The molecule has 1 aromatic carbocycles. The number of carbonyl (C=O) groups excluding carboxylic acids is 1. The minimum absolute atomic E-state index is 0.0635. The van der Waals surface area contributed by atoms with Crippen LogP contribution in [0.5, 0.6) is 0 Å². The van der Waals surface area contributed by atoms with Crippen LogP contribution < -0.4 is 5.32 Å². The number of carbonyl (C=O) groups is 1. The van der Waals surface area contributed by atoms with Crippen molar-refractivity contribution < 1.29 is 9.53 Å². The van der Waals surface area contributed by atoms with Gasteiger partial charge >= 0.3 is 0 Å². The third-order valence-electron chi connectivity index (χ3n) is 3.20. The molecular formula is C15H16ClN3O2. The van der Waals surface area contributed by atoms with E-state index in [1.807, 2.05) is 25.1 Å². The number of morpholine rings is 1. The summed E-state index contributed by atoms with van der Waals surface area (Å²) >= 11 is 6.03. The van der Waals surface area contributed by atoms with Crippen LogP contribution in [0.15, 0.2) is 30.0 Å². The van der Waals surface area contributed by atoms with E-state index in [0.29, 0.717) is 31.3 Å². The number of rotatable bonds is 3. The van der Waals surface area contributed by atoms with Crippen molar-refractivity contribution >= 4 is 23.2 Å². The molecule has 0 saturated carbocycles. The highest BCUT2D eigenvalue weighted by Gasteiger charge is 2.20. The van der Waals surface area contributed by atoms with E-state index in [-0.39, 0.29) is 11.5 Å². The number of ether oxygens (including phenoxy) is 1. The van der Waals surface area contributed by atoms with Crippen LogP contribution in [0.25, 0.3) is 0 Å². The van der Waals surface area contributed by atoms with Crippen LogP contribution in [0, 0.1) is 18.3 Å². The van der Waals surface area contributed by atoms with Crippen molar-refractivity contribution in [3.63, 3.8) is 0 Å². The van der Waals surface area contributed by atoms with Crippen LogP contribution in [0.4, 0.5) is 5.69 Å². The maximum absolute atomic E-state index is 12.2. The predicted octanol–water partition coefficient (Wildman–Crippen LogP) is 2.33. The fourth-order valence-electron chi connectivity index (χ4n) is 1.92. The van der Waals surface area contributed by atoms with Gasteiger partial charge in [0.05, 0.1) is 13.2 Å². The van der Waals surface area contributed by atoms with Gasteiger partial charge in [0.25, 0.3) is 5.91 Å². The quantitative estimate of drug-likeness (QED) is 0.687. The Morgan fingerprint density at radius 2 is 2.19 bits per heavy atom. The molecule has 0 spiro atoms. The first-order chi connectivity index (χ1) is 10.1. The topological polar surface area (TPSA) is 65.4 Å². The van der Waals surface area contributed by atoms with E-state index in [1.165, 1.54) is 6.20 Å². The minimum Gasteiger partial charge on any atom is -0.378 e. The van der Waals surface area contributed by atoms with Crippen LogP contribution in [0.2, 0.25) is 5.02 Å². The summed E-state index contributed by atoms with van der Waals surface area (Å²) in [6, 6.07) is 7.39. The van der Waals surface area contributed by atoms with Crippen molar-refractivity contribution in [2.24, 2.45) is 0 Å². The molecule has 1 aromatic rings. The molecule has 1 N–H and O–H groups in total. The van der Waals surface area contributed by atoms with E-state index < -0.39 is 0 Å². The SMILES string of the molecule is Cc1ccc(N/C=C(/C#N)C(=O)N2CCOCC2)cc1Cl.